The number of guanidine groups is 2. The maximum Gasteiger partial charge on any atom is 0.231 e. The third kappa shape index (κ3) is 37.4. The van der Waals surface area contributed by atoms with E-state index in [1.54, 1.807) is 12.1 Å². The van der Waals surface area contributed by atoms with E-state index in [1.165, 1.54) is 69.2 Å². The van der Waals surface area contributed by atoms with Gasteiger partial charge in [0, 0.05) is 82.3 Å². The second kappa shape index (κ2) is 40.2. The molecule has 22 nitrogen and oxygen atoms in total. The Morgan fingerprint density at radius 1 is 0.714 bits per heavy atom. The number of phenolic OH excluding ortho intramolecular Hbond substituents is 1. The summed E-state index contributed by atoms with van der Waals surface area (Å²) in [6.45, 7) is 5.37. The Morgan fingerprint density at radius 3 is 1.67 bits per heavy atom. The maximum atomic E-state index is 13.2. The van der Waals surface area contributed by atoms with Crippen molar-refractivity contribution < 1.29 is 46.2 Å². The summed E-state index contributed by atoms with van der Waals surface area (Å²) < 4.78 is 15.1. The highest BCUT2D eigenvalue weighted by Crippen LogP contribution is 2.32. The summed E-state index contributed by atoms with van der Waals surface area (Å²) in [6, 6.07) is 4.57. The van der Waals surface area contributed by atoms with Gasteiger partial charge in [-0.2, -0.15) is 0 Å². The lowest BCUT2D eigenvalue weighted by Crippen LogP contribution is -2.44. The zero-order chi connectivity index (χ0) is 54.3. The first-order valence-corrected chi connectivity index (χ1v) is 27.1. The molecule has 0 saturated carbocycles. The lowest BCUT2D eigenvalue weighted by molar-refractivity contribution is -0.131. The number of aldehydes is 2. The van der Waals surface area contributed by atoms with Crippen LogP contribution in [-0.2, 0) is 44.8 Å². The number of nitrogens with zero attached hydrogens (tertiary/aromatic N) is 2. The van der Waals surface area contributed by atoms with Crippen LogP contribution in [0.4, 0.5) is 0 Å². The number of hydrogen-bond acceptors (Lipinski definition) is 19. The molecular formula is C44H77N13O9S4. The van der Waals surface area contributed by atoms with Gasteiger partial charge in [0.1, 0.15) is 29.9 Å². The largest absolute Gasteiger partial charge is 0.508 e. The van der Waals surface area contributed by atoms with E-state index in [2.05, 4.69) is 36.6 Å². The van der Waals surface area contributed by atoms with Crippen molar-refractivity contribution in [3.63, 3.8) is 0 Å². The van der Waals surface area contributed by atoms with Crippen molar-refractivity contribution in [1.29, 1.82) is 0 Å². The third-order valence-electron chi connectivity index (χ3n) is 9.40. The topological polar surface area (TPSA) is 398 Å². The lowest BCUT2D eigenvalue weighted by atomic mass is 9.97. The predicted molar refractivity (Wildman–Crippen MR) is 285 cm³/mol. The van der Waals surface area contributed by atoms with Crippen molar-refractivity contribution in [2.75, 3.05) is 58.1 Å². The van der Waals surface area contributed by atoms with Crippen LogP contribution in [0.5, 0.6) is 5.75 Å². The highest BCUT2D eigenvalue weighted by Gasteiger charge is 2.26. The molecule has 0 aliphatic carbocycles. The van der Waals surface area contributed by atoms with E-state index in [1.807, 2.05) is 0 Å². The Balaban J connectivity index is 0.00000155. The standard InChI is InChI=1S/C28H45N7O6S2.C16H32N6O3S2/c1-18(37)12-21(27(41)35-25(19(2)38)13-20-5-7-23(39)8-6-20)9-11-42-43-24(14-32-16-26(29)40)15-34-22(17-36)4-3-10-33-28(30)31;1-11(24)6-12(2)26-27-14(7-20-9-15(17)25)8-22-13(10-23)4-3-5-21-16(18)19/h5-8,17,21-22,24-25,32,34,39H,3-4,9-16H2,1-2H3,(H2,29,40)(H,35,41)(H4,30,31,33);10,12-14,20,22H,3-9H2,1-2H3,(H2,17,25)(H4,18,19,21)/t21?,22-,24?,25-;12?,13-,14?/m00/s1/i2*2D. The first-order valence-electron chi connectivity index (χ1n) is 23.9. The van der Waals surface area contributed by atoms with Gasteiger partial charge in [0.15, 0.2) is 17.7 Å². The summed E-state index contributed by atoms with van der Waals surface area (Å²) in [7, 11) is 6.00. The minimum Gasteiger partial charge on any atom is -0.508 e. The molecule has 0 aromatic heterocycles. The number of benzene rings is 1. The summed E-state index contributed by atoms with van der Waals surface area (Å²) in [4.78, 5) is 102. The Bertz CT molecular complexity index is 1840. The van der Waals surface area contributed by atoms with Crippen LogP contribution in [0, 0.1) is 5.92 Å². The molecule has 0 radical (unpaired) electrons. The van der Waals surface area contributed by atoms with Gasteiger partial charge >= 0.3 is 0 Å². The molecule has 7 atom stereocenters. The number of nitrogens with one attached hydrogen (secondary N) is 5. The van der Waals surface area contributed by atoms with E-state index < -0.39 is 48.4 Å². The molecule has 1 aromatic carbocycles. The van der Waals surface area contributed by atoms with Gasteiger partial charge in [0.2, 0.25) is 17.7 Å². The lowest BCUT2D eigenvalue weighted by Gasteiger charge is -2.22. The highest BCUT2D eigenvalue weighted by molar-refractivity contribution is 8.77. The van der Waals surface area contributed by atoms with Crippen molar-refractivity contribution >= 4 is 103 Å². The van der Waals surface area contributed by atoms with E-state index in [0.29, 0.717) is 89.1 Å². The van der Waals surface area contributed by atoms with Gasteiger partial charge in [-0.1, -0.05) is 62.2 Å². The van der Waals surface area contributed by atoms with Crippen LogP contribution in [0.1, 0.15) is 80.9 Å². The molecule has 70 heavy (non-hydrogen) atoms. The van der Waals surface area contributed by atoms with Crippen molar-refractivity contribution in [2.24, 2.45) is 50.3 Å². The molecule has 0 fully saturated rings. The number of phenols is 1. The van der Waals surface area contributed by atoms with E-state index in [-0.39, 0.29) is 83.9 Å². The van der Waals surface area contributed by atoms with E-state index in [4.69, 9.17) is 37.1 Å². The van der Waals surface area contributed by atoms with E-state index in [0.717, 1.165) is 12.6 Å². The van der Waals surface area contributed by atoms with Gasteiger partial charge in [0.05, 0.1) is 31.2 Å². The van der Waals surface area contributed by atoms with Gasteiger partial charge in [0.25, 0.3) is 0 Å². The van der Waals surface area contributed by atoms with Crippen LogP contribution in [0.25, 0.3) is 0 Å². The Morgan fingerprint density at radius 2 is 1.23 bits per heavy atom. The zero-order valence-corrected chi connectivity index (χ0v) is 43.4. The van der Waals surface area contributed by atoms with Crippen molar-refractivity contribution in [1.82, 2.24) is 26.6 Å². The Labute approximate surface area is 430 Å². The minimum absolute atomic E-state index is 0.000554. The molecule has 0 aliphatic heterocycles. The first-order chi connectivity index (χ1) is 34.2. The van der Waals surface area contributed by atoms with Crippen LogP contribution in [0.2, 0.25) is 0 Å². The smallest absolute Gasteiger partial charge is 0.231 e. The van der Waals surface area contributed by atoms with Crippen LogP contribution >= 0.6 is 43.2 Å². The van der Waals surface area contributed by atoms with Crippen LogP contribution in [-0.4, -0.2) is 157 Å². The number of hydrogen-bond donors (Lipinski definition) is 12. The highest BCUT2D eigenvalue weighted by atomic mass is 33.1. The zero-order valence-electron chi connectivity index (χ0n) is 42.1. The molecule has 0 saturated heterocycles. The van der Waals surface area contributed by atoms with Gasteiger partial charge in [-0.05, 0) is 77.0 Å². The molecule has 0 heterocycles. The van der Waals surface area contributed by atoms with Crippen LogP contribution in [0.15, 0.2) is 34.3 Å². The number of carbonyl (C=O) groups is 8. The fraction of sp³-hybridized carbons (Fsp3) is 0.636. The van der Waals surface area contributed by atoms with Gasteiger partial charge in [-0.15, -0.1) is 0 Å². The Kier molecular flexibility index (Phi) is 35.4. The molecule has 4 unspecified atom stereocenters. The number of rotatable bonds is 41. The number of Topliss-reactive ketones (excluding diaryl/α,β-unsaturated/α-hetero) is 3. The normalized spacial score (nSPS) is 14.3. The first kappa shape index (κ1) is 61.7. The Hall–Kier alpha value is -4.44. The summed E-state index contributed by atoms with van der Waals surface area (Å²) in [6.07, 6.45) is 4.96. The van der Waals surface area contributed by atoms with Gasteiger partial charge in [-0.25, -0.2) is 0 Å². The molecule has 3 amide bonds. The van der Waals surface area contributed by atoms with Gasteiger partial charge in [-0.3, -0.25) is 34.0 Å². The molecule has 18 N–H and O–H groups in total. The number of aromatic hydroxyl groups is 1. The number of nitrogens with two attached hydrogens (primary N) is 6. The molecule has 396 valence electrons. The molecular weight excluding hydrogens is 983 g/mol. The van der Waals surface area contributed by atoms with Crippen molar-refractivity contribution in [3.8, 4) is 5.75 Å². The van der Waals surface area contributed by atoms with E-state index >= 15 is 0 Å². The third-order valence-corrected chi connectivity index (χ3v) is 15.4. The predicted octanol–water partition coefficient (Wildman–Crippen LogP) is -0.581. The maximum absolute atomic E-state index is 13.2. The summed E-state index contributed by atoms with van der Waals surface area (Å²) in [5.74, 6) is -2.02. The number of primary amides is 2. The fourth-order valence-corrected chi connectivity index (χ4v) is 11.1. The molecule has 1 rings (SSSR count). The second-order valence-corrected chi connectivity index (χ2v) is 21.7. The molecule has 0 bridgehead atoms. The number of ketones is 3. The average Bonchev–Trinajstić information content (AvgIpc) is 3.32. The van der Waals surface area contributed by atoms with Gasteiger partial charge < -0.3 is 80.5 Å². The summed E-state index contributed by atoms with van der Waals surface area (Å²) in [5.41, 5.74) is 32.3. The fourth-order valence-electron chi connectivity index (χ4n) is 5.96. The molecule has 1 aromatic rings. The molecule has 0 spiro atoms. The molecule has 0 aliphatic rings. The number of aliphatic imine (C=N–C) groups is 2. The second-order valence-electron chi connectivity index (χ2n) is 16.1. The average molecular weight is 1060 g/mol. The monoisotopic (exact) mass is 1060 g/mol. The summed E-state index contributed by atoms with van der Waals surface area (Å²) in [5, 5.41) is 24.5. The SMILES string of the molecule is [2H]CC(=O)[C@H](Cc1ccc(O)cc1)NC(=O)C(CCSSC(CNCC(N)=O)CN[C@H](C=O)CCCN=C(N)N)CC(C)=O.[2H]CC(CC(C)=O)SSC(CNCC(N)=O)CN[C@H](C=O)CCCN=C(N)N. The summed E-state index contributed by atoms with van der Waals surface area (Å²) >= 11 is 0. The van der Waals surface area contributed by atoms with Crippen molar-refractivity contribution in [3.05, 3.63) is 29.8 Å². The molecule has 26 heteroatoms. The van der Waals surface area contributed by atoms with Crippen molar-refractivity contribution in [2.45, 2.75) is 113 Å². The van der Waals surface area contributed by atoms with Crippen LogP contribution in [0.3, 0.4) is 0 Å². The minimum atomic E-state index is -0.932. The van der Waals surface area contributed by atoms with E-state index in [9.17, 15) is 43.5 Å². The van der Waals surface area contributed by atoms with Crippen LogP contribution < -0.4 is 61.0 Å². The number of amides is 3. The quantitative estimate of drug-likeness (QED) is 0.0128. The number of carbonyl (C=O) groups excluding carboxylic acids is 8.